The maximum absolute atomic E-state index is 13.4. The first-order valence-electron chi connectivity index (χ1n) is 7.26. The second-order valence-electron chi connectivity index (χ2n) is 5.48. The van der Waals surface area contributed by atoms with E-state index in [4.69, 9.17) is 12.2 Å². The largest absolute Gasteiger partial charge is 0.378 e. The van der Waals surface area contributed by atoms with Gasteiger partial charge in [-0.15, -0.1) is 0 Å². The van der Waals surface area contributed by atoms with Gasteiger partial charge in [0.25, 0.3) is 5.91 Å². The first-order chi connectivity index (χ1) is 11.5. The number of amides is 1. The number of hydrogen-bond acceptors (Lipinski definition) is 4. The molecule has 0 N–H and O–H groups in total. The summed E-state index contributed by atoms with van der Waals surface area (Å²) in [6, 6.07) is 13.7. The molecule has 122 valence electrons. The Kier molecular flexibility index (Phi) is 4.69. The molecule has 3 nitrogen and oxygen atoms in total. The van der Waals surface area contributed by atoms with Crippen molar-refractivity contribution in [2.75, 3.05) is 23.9 Å². The zero-order valence-corrected chi connectivity index (χ0v) is 14.8. The Hall–Kier alpha value is -2.18. The van der Waals surface area contributed by atoms with E-state index in [2.05, 4.69) is 0 Å². The van der Waals surface area contributed by atoms with Crippen molar-refractivity contribution in [3.05, 3.63) is 64.8 Å². The Morgan fingerprint density at radius 1 is 1.17 bits per heavy atom. The molecule has 1 heterocycles. The van der Waals surface area contributed by atoms with Gasteiger partial charge in [-0.3, -0.25) is 9.69 Å². The third kappa shape index (κ3) is 3.34. The number of thioether (sulfide) groups is 1. The van der Waals surface area contributed by atoms with Crippen LogP contribution in [0, 0.1) is 5.82 Å². The number of carbonyl (C=O) groups is 1. The molecule has 0 aliphatic carbocycles. The Bertz CT molecular complexity index is 831. The number of nitrogens with zero attached hydrogens (tertiary/aromatic N) is 2. The van der Waals surface area contributed by atoms with Crippen LogP contribution in [0.5, 0.6) is 0 Å². The molecule has 0 saturated carbocycles. The molecule has 1 fully saturated rings. The molecule has 1 aliphatic heterocycles. The van der Waals surface area contributed by atoms with Gasteiger partial charge in [0.15, 0.2) is 4.32 Å². The molecular weight excluding hydrogens is 343 g/mol. The van der Waals surface area contributed by atoms with Crippen LogP contribution in [0.4, 0.5) is 15.8 Å². The highest BCUT2D eigenvalue weighted by Gasteiger charge is 2.33. The summed E-state index contributed by atoms with van der Waals surface area (Å²) in [4.78, 5) is 16.5. The van der Waals surface area contributed by atoms with E-state index in [0.29, 0.717) is 14.9 Å². The normalized spacial score (nSPS) is 16.1. The predicted molar refractivity (Wildman–Crippen MR) is 103 cm³/mol. The van der Waals surface area contributed by atoms with Crippen LogP contribution < -0.4 is 9.80 Å². The molecule has 0 spiro atoms. The summed E-state index contributed by atoms with van der Waals surface area (Å²) in [5, 5.41) is 0. The molecule has 1 amide bonds. The summed E-state index contributed by atoms with van der Waals surface area (Å²) in [7, 11) is 3.94. The third-order valence-electron chi connectivity index (χ3n) is 3.57. The van der Waals surface area contributed by atoms with Crippen LogP contribution in [0.1, 0.15) is 5.56 Å². The molecular formula is C18H15FN2OS2. The molecule has 2 aromatic rings. The highest BCUT2D eigenvalue weighted by atomic mass is 32.2. The summed E-state index contributed by atoms with van der Waals surface area (Å²) >= 11 is 6.51. The molecule has 2 aromatic carbocycles. The van der Waals surface area contributed by atoms with Gasteiger partial charge in [0.2, 0.25) is 0 Å². The van der Waals surface area contributed by atoms with Crippen molar-refractivity contribution in [3.8, 4) is 0 Å². The maximum Gasteiger partial charge on any atom is 0.270 e. The van der Waals surface area contributed by atoms with Crippen molar-refractivity contribution >= 4 is 51.7 Å². The summed E-state index contributed by atoms with van der Waals surface area (Å²) in [5.74, 6) is -0.628. The fraction of sp³-hybridized carbons (Fsp3) is 0.111. The highest BCUT2D eigenvalue weighted by molar-refractivity contribution is 8.27. The summed E-state index contributed by atoms with van der Waals surface area (Å²) in [6.07, 6.45) is 1.80. The lowest BCUT2D eigenvalue weighted by Crippen LogP contribution is -2.27. The monoisotopic (exact) mass is 358 g/mol. The van der Waals surface area contributed by atoms with E-state index in [1.165, 1.54) is 28.8 Å². The van der Waals surface area contributed by atoms with Crippen LogP contribution in [0.3, 0.4) is 0 Å². The number of carbonyl (C=O) groups excluding carboxylic acids is 1. The predicted octanol–water partition coefficient (Wildman–Crippen LogP) is 4.30. The number of rotatable bonds is 3. The van der Waals surface area contributed by atoms with Crippen molar-refractivity contribution in [2.24, 2.45) is 0 Å². The highest BCUT2D eigenvalue weighted by Crippen LogP contribution is 2.36. The van der Waals surface area contributed by atoms with E-state index in [0.717, 1.165) is 11.3 Å². The minimum Gasteiger partial charge on any atom is -0.378 e. The standard InChI is InChI=1S/C18H15FN2OS2/c1-20(2)14-8-6-12(7-9-14)10-16-17(22)21(18(23)24-16)15-5-3-4-13(19)11-15/h3-11H,1-2H3. The van der Waals surface area contributed by atoms with Crippen molar-refractivity contribution in [3.63, 3.8) is 0 Å². The minimum absolute atomic E-state index is 0.229. The minimum atomic E-state index is -0.398. The maximum atomic E-state index is 13.4. The van der Waals surface area contributed by atoms with E-state index >= 15 is 0 Å². The third-order valence-corrected chi connectivity index (χ3v) is 4.87. The summed E-state index contributed by atoms with van der Waals surface area (Å²) in [6.45, 7) is 0. The van der Waals surface area contributed by atoms with Gasteiger partial charge >= 0.3 is 0 Å². The molecule has 1 aliphatic rings. The van der Waals surface area contributed by atoms with Crippen LogP contribution >= 0.6 is 24.0 Å². The topological polar surface area (TPSA) is 23.6 Å². The quantitative estimate of drug-likeness (QED) is 0.603. The van der Waals surface area contributed by atoms with Gasteiger partial charge in [-0.25, -0.2) is 4.39 Å². The fourth-order valence-corrected chi connectivity index (χ4v) is 3.62. The van der Waals surface area contributed by atoms with Crippen LogP contribution in [0.15, 0.2) is 53.4 Å². The van der Waals surface area contributed by atoms with Crippen molar-refractivity contribution in [1.82, 2.24) is 0 Å². The van der Waals surface area contributed by atoms with Gasteiger partial charge in [0, 0.05) is 19.8 Å². The van der Waals surface area contributed by atoms with Gasteiger partial charge in [-0.2, -0.15) is 0 Å². The molecule has 1 saturated heterocycles. The van der Waals surface area contributed by atoms with E-state index < -0.39 is 5.82 Å². The molecule has 24 heavy (non-hydrogen) atoms. The first kappa shape index (κ1) is 16.7. The van der Waals surface area contributed by atoms with Crippen LogP contribution in [-0.4, -0.2) is 24.3 Å². The number of halogens is 1. The van der Waals surface area contributed by atoms with E-state index in [1.807, 2.05) is 43.3 Å². The first-order valence-corrected chi connectivity index (χ1v) is 8.49. The summed E-state index contributed by atoms with van der Waals surface area (Å²) in [5.41, 5.74) is 2.45. The lowest BCUT2D eigenvalue weighted by atomic mass is 10.2. The zero-order chi connectivity index (χ0) is 17.3. The smallest absolute Gasteiger partial charge is 0.270 e. The zero-order valence-electron chi connectivity index (χ0n) is 13.2. The van der Waals surface area contributed by atoms with Gasteiger partial charge in [-0.05, 0) is 42.0 Å². The van der Waals surface area contributed by atoms with E-state index in [-0.39, 0.29) is 5.91 Å². The Balaban J connectivity index is 1.88. The van der Waals surface area contributed by atoms with Gasteiger partial charge < -0.3 is 4.90 Å². The number of anilines is 2. The van der Waals surface area contributed by atoms with Crippen LogP contribution in [-0.2, 0) is 4.79 Å². The lowest BCUT2D eigenvalue weighted by molar-refractivity contribution is -0.113. The Morgan fingerprint density at radius 3 is 2.50 bits per heavy atom. The Labute approximate surface area is 149 Å². The molecule has 0 radical (unpaired) electrons. The molecule has 0 atom stereocenters. The Morgan fingerprint density at radius 2 is 1.88 bits per heavy atom. The van der Waals surface area contributed by atoms with Crippen LogP contribution in [0.2, 0.25) is 0 Å². The van der Waals surface area contributed by atoms with Crippen molar-refractivity contribution in [1.29, 1.82) is 0 Å². The van der Waals surface area contributed by atoms with Gasteiger partial charge in [0.05, 0.1) is 10.6 Å². The van der Waals surface area contributed by atoms with Crippen LogP contribution in [0.25, 0.3) is 6.08 Å². The van der Waals surface area contributed by atoms with E-state index in [9.17, 15) is 9.18 Å². The van der Waals surface area contributed by atoms with Crippen molar-refractivity contribution < 1.29 is 9.18 Å². The van der Waals surface area contributed by atoms with Gasteiger partial charge in [0.1, 0.15) is 5.82 Å². The number of hydrogen-bond donors (Lipinski definition) is 0. The molecule has 3 rings (SSSR count). The molecule has 0 aromatic heterocycles. The molecule has 0 bridgehead atoms. The lowest BCUT2D eigenvalue weighted by Gasteiger charge is -2.14. The molecule has 0 unspecified atom stereocenters. The second kappa shape index (κ2) is 6.75. The summed E-state index contributed by atoms with van der Waals surface area (Å²) < 4.78 is 13.8. The number of thiocarbonyl (C=S) groups is 1. The second-order valence-corrected chi connectivity index (χ2v) is 7.16. The average Bonchev–Trinajstić information content (AvgIpc) is 2.82. The van der Waals surface area contributed by atoms with Crippen molar-refractivity contribution in [2.45, 2.75) is 0 Å². The SMILES string of the molecule is CN(C)c1ccc(C=C2SC(=S)N(c3cccc(F)c3)C2=O)cc1. The average molecular weight is 358 g/mol. The van der Waals surface area contributed by atoms with E-state index in [1.54, 1.807) is 18.2 Å². The molecule has 6 heteroatoms. The fourth-order valence-electron chi connectivity index (χ4n) is 2.33. The number of benzene rings is 2. The van der Waals surface area contributed by atoms with Gasteiger partial charge in [-0.1, -0.05) is 42.2 Å².